The van der Waals surface area contributed by atoms with E-state index in [0.717, 1.165) is 25.0 Å². The molecule has 0 bridgehead atoms. The number of pyridine rings is 1. The third-order valence-corrected chi connectivity index (χ3v) is 3.53. The van der Waals surface area contributed by atoms with E-state index < -0.39 is 5.97 Å². The van der Waals surface area contributed by atoms with Crippen molar-refractivity contribution in [3.05, 3.63) is 47.2 Å². The number of hydrogen-bond acceptors (Lipinski definition) is 4. The van der Waals surface area contributed by atoms with Gasteiger partial charge in [0.05, 0.1) is 12.7 Å². The van der Waals surface area contributed by atoms with Crippen LogP contribution in [0.15, 0.2) is 30.3 Å². The summed E-state index contributed by atoms with van der Waals surface area (Å²) in [5, 5.41) is 9.05. The van der Waals surface area contributed by atoms with Gasteiger partial charge in [-0.05, 0) is 43.0 Å². The lowest BCUT2D eigenvalue weighted by atomic mass is 10.2. The molecule has 0 saturated heterocycles. The number of aromatic nitrogens is 1. The van der Waals surface area contributed by atoms with E-state index in [4.69, 9.17) is 14.6 Å². The van der Waals surface area contributed by atoms with Crippen LogP contribution in [0, 0.1) is 0 Å². The van der Waals surface area contributed by atoms with Gasteiger partial charge < -0.3 is 14.6 Å². The van der Waals surface area contributed by atoms with Crippen LogP contribution in [0.2, 0.25) is 0 Å². The molecule has 1 N–H and O–H groups in total. The fourth-order valence-corrected chi connectivity index (χ4v) is 2.46. The molecule has 21 heavy (non-hydrogen) atoms. The normalized spacial score (nSPS) is 12.8. The summed E-state index contributed by atoms with van der Waals surface area (Å²) in [5.74, 6) is 0.269. The van der Waals surface area contributed by atoms with Gasteiger partial charge in [0.1, 0.15) is 0 Å². The first kappa shape index (κ1) is 13.4. The van der Waals surface area contributed by atoms with Gasteiger partial charge in [0.25, 0.3) is 0 Å². The van der Waals surface area contributed by atoms with Crippen molar-refractivity contribution in [1.82, 2.24) is 4.98 Å². The lowest BCUT2D eigenvalue weighted by Crippen LogP contribution is -1.99. The quantitative estimate of drug-likeness (QED) is 0.935. The molecule has 0 atom stereocenters. The molecule has 0 saturated carbocycles. The molecule has 0 fully saturated rings. The lowest BCUT2D eigenvalue weighted by molar-refractivity contribution is 0.0696. The summed E-state index contributed by atoms with van der Waals surface area (Å²) in [7, 11) is 1.51. The van der Waals surface area contributed by atoms with Crippen molar-refractivity contribution in [3.63, 3.8) is 0 Å². The van der Waals surface area contributed by atoms with Crippen LogP contribution in [0.5, 0.6) is 17.4 Å². The number of carboxylic acids is 1. The van der Waals surface area contributed by atoms with Crippen molar-refractivity contribution in [2.45, 2.75) is 19.3 Å². The highest BCUT2D eigenvalue weighted by atomic mass is 16.5. The van der Waals surface area contributed by atoms with Crippen LogP contribution in [-0.2, 0) is 12.8 Å². The second-order valence-electron chi connectivity index (χ2n) is 4.88. The number of ether oxygens (including phenoxy) is 2. The summed E-state index contributed by atoms with van der Waals surface area (Å²) < 4.78 is 10.9. The number of rotatable bonds is 4. The molecule has 2 aromatic rings. The van der Waals surface area contributed by atoms with E-state index in [2.05, 4.69) is 4.98 Å². The van der Waals surface area contributed by atoms with Crippen LogP contribution in [-0.4, -0.2) is 23.2 Å². The first-order valence-electron chi connectivity index (χ1n) is 6.75. The molecular weight excluding hydrogens is 270 g/mol. The van der Waals surface area contributed by atoms with E-state index in [1.165, 1.54) is 24.8 Å². The largest absolute Gasteiger partial charge is 0.493 e. The van der Waals surface area contributed by atoms with Crippen molar-refractivity contribution in [2.24, 2.45) is 0 Å². The van der Waals surface area contributed by atoms with E-state index in [0.29, 0.717) is 17.4 Å². The van der Waals surface area contributed by atoms with Gasteiger partial charge in [-0.15, -0.1) is 0 Å². The highest BCUT2D eigenvalue weighted by Gasteiger charge is 2.15. The number of nitrogens with zero attached hydrogens (tertiary/aromatic N) is 1. The van der Waals surface area contributed by atoms with Gasteiger partial charge in [-0.25, -0.2) is 9.78 Å². The zero-order valence-electron chi connectivity index (χ0n) is 11.6. The van der Waals surface area contributed by atoms with Crippen molar-refractivity contribution in [2.75, 3.05) is 7.11 Å². The maximum atomic E-state index is 11.0. The van der Waals surface area contributed by atoms with Crippen LogP contribution in [0.4, 0.5) is 0 Å². The van der Waals surface area contributed by atoms with Crippen molar-refractivity contribution in [3.8, 4) is 17.4 Å². The number of methoxy groups -OCH3 is 1. The topological polar surface area (TPSA) is 68.7 Å². The van der Waals surface area contributed by atoms with Gasteiger partial charge in [-0.2, -0.15) is 0 Å². The molecule has 1 aliphatic carbocycles. The molecule has 5 heteroatoms. The average molecular weight is 285 g/mol. The summed E-state index contributed by atoms with van der Waals surface area (Å²) in [5.41, 5.74) is 2.46. The van der Waals surface area contributed by atoms with E-state index in [1.54, 1.807) is 12.1 Å². The fourth-order valence-electron chi connectivity index (χ4n) is 2.46. The molecular formula is C16H15NO4. The third-order valence-electron chi connectivity index (χ3n) is 3.53. The fraction of sp³-hybridized carbons (Fsp3) is 0.250. The number of carboxylic acid groups (broad SMARTS) is 1. The minimum atomic E-state index is -1.01. The van der Waals surface area contributed by atoms with Crippen LogP contribution in [0.3, 0.4) is 0 Å². The predicted octanol–water partition coefficient (Wildman–Crippen LogP) is 3.07. The summed E-state index contributed by atoms with van der Waals surface area (Å²) in [4.78, 5) is 15.5. The van der Waals surface area contributed by atoms with Crippen LogP contribution in [0.1, 0.15) is 28.0 Å². The first-order chi connectivity index (χ1) is 10.2. The summed E-state index contributed by atoms with van der Waals surface area (Å²) in [6, 6.07) is 8.31. The SMILES string of the molecule is COc1ccc(C(=O)O)cc1Oc1ccc2c(n1)CCC2. The van der Waals surface area contributed by atoms with Crippen LogP contribution >= 0.6 is 0 Å². The van der Waals surface area contributed by atoms with Gasteiger partial charge in [0, 0.05) is 11.8 Å². The Balaban J connectivity index is 1.93. The molecule has 3 rings (SSSR count). The number of hydrogen-bond donors (Lipinski definition) is 1. The Hall–Kier alpha value is -2.56. The van der Waals surface area contributed by atoms with E-state index in [-0.39, 0.29) is 5.56 Å². The Morgan fingerprint density at radius 1 is 1.19 bits per heavy atom. The summed E-state index contributed by atoms with van der Waals surface area (Å²) in [6.45, 7) is 0. The number of fused-ring (bicyclic) bond motifs is 1. The second-order valence-corrected chi connectivity index (χ2v) is 4.88. The van der Waals surface area contributed by atoms with Gasteiger partial charge in [0.15, 0.2) is 11.5 Å². The standard InChI is InChI=1S/C16H15NO4/c1-20-13-7-5-11(16(18)19)9-14(13)21-15-8-6-10-3-2-4-12(10)17-15/h5-9H,2-4H2,1H3,(H,18,19). The Labute approximate surface area is 122 Å². The van der Waals surface area contributed by atoms with Crippen molar-refractivity contribution in [1.29, 1.82) is 0 Å². The molecule has 5 nitrogen and oxygen atoms in total. The Bertz CT molecular complexity index is 697. The van der Waals surface area contributed by atoms with Crippen LogP contribution < -0.4 is 9.47 Å². The molecule has 0 radical (unpaired) electrons. The van der Waals surface area contributed by atoms with Crippen LogP contribution in [0.25, 0.3) is 0 Å². The predicted molar refractivity (Wildman–Crippen MR) is 76.3 cm³/mol. The smallest absolute Gasteiger partial charge is 0.335 e. The number of aryl methyl sites for hydroxylation is 2. The van der Waals surface area contributed by atoms with Crippen molar-refractivity contribution < 1.29 is 19.4 Å². The van der Waals surface area contributed by atoms with Gasteiger partial charge in [-0.1, -0.05) is 6.07 Å². The maximum absolute atomic E-state index is 11.0. The highest BCUT2D eigenvalue weighted by Crippen LogP contribution is 2.33. The monoisotopic (exact) mass is 285 g/mol. The van der Waals surface area contributed by atoms with E-state index in [1.807, 2.05) is 6.07 Å². The first-order valence-corrected chi connectivity index (χ1v) is 6.75. The molecule has 108 valence electrons. The molecule has 0 unspecified atom stereocenters. The highest BCUT2D eigenvalue weighted by molar-refractivity contribution is 5.88. The molecule has 1 heterocycles. The summed E-state index contributed by atoms with van der Waals surface area (Å²) in [6.07, 6.45) is 3.13. The maximum Gasteiger partial charge on any atom is 0.335 e. The molecule has 0 spiro atoms. The van der Waals surface area contributed by atoms with E-state index in [9.17, 15) is 4.79 Å². The Morgan fingerprint density at radius 2 is 2.05 bits per heavy atom. The van der Waals surface area contributed by atoms with Gasteiger partial charge in [0.2, 0.25) is 5.88 Å². The van der Waals surface area contributed by atoms with Crippen molar-refractivity contribution >= 4 is 5.97 Å². The zero-order valence-corrected chi connectivity index (χ0v) is 11.6. The minimum absolute atomic E-state index is 0.145. The third kappa shape index (κ3) is 2.67. The molecule has 0 amide bonds. The van der Waals surface area contributed by atoms with Gasteiger partial charge in [-0.3, -0.25) is 0 Å². The van der Waals surface area contributed by atoms with E-state index >= 15 is 0 Å². The second kappa shape index (κ2) is 5.44. The average Bonchev–Trinajstić information content (AvgIpc) is 2.94. The Kier molecular flexibility index (Phi) is 3.48. The molecule has 1 aromatic heterocycles. The number of aromatic carboxylic acids is 1. The van der Waals surface area contributed by atoms with Gasteiger partial charge >= 0.3 is 5.97 Å². The molecule has 1 aromatic carbocycles. The molecule has 0 aliphatic heterocycles. The Morgan fingerprint density at radius 3 is 2.81 bits per heavy atom. The zero-order chi connectivity index (χ0) is 14.8. The number of benzene rings is 1. The minimum Gasteiger partial charge on any atom is -0.493 e. The lowest BCUT2D eigenvalue weighted by Gasteiger charge is -2.11. The summed E-state index contributed by atoms with van der Waals surface area (Å²) >= 11 is 0. The molecule has 1 aliphatic rings. The number of carbonyl (C=O) groups is 1.